The van der Waals surface area contributed by atoms with Crippen molar-refractivity contribution in [2.75, 3.05) is 65.8 Å². The molecule has 0 saturated carbocycles. The summed E-state index contributed by atoms with van der Waals surface area (Å²) in [6.45, 7) is 8.70. The van der Waals surface area contributed by atoms with Crippen molar-refractivity contribution in [3.8, 4) is 0 Å². The lowest BCUT2D eigenvalue weighted by atomic mass is 9.84. The molecule has 1 aliphatic rings. The lowest BCUT2D eigenvalue weighted by Gasteiger charge is -2.35. The second kappa shape index (κ2) is 15.4. The SMILES string of the molecule is CCN1Cc2c(Cl)cc(Cl)cc2C(c2cccc([S+]([O-])NCCOCCOCCOCCN)c2)C1. The molecule has 3 rings (SSSR count). The summed E-state index contributed by atoms with van der Waals surface area (Å²) in [6.07, 6.45) is 0. The molecule has 2 unspecified atom stereocenters. The number of fused-ring (bicyclic) bond motifs is 1. The number of nitrogens with zero attached hydrogens (tertiary/aromatic N) is 1. The molecule has 2 aromatic carbocycles. The summed E-state index contributed by atoms with van der Waals surface area (Å²) in [6, 6.07) is 11.7. The number of ether oxygens (including phenoxy) is 3. The van der Waals surface area contributed by atoms with Gasteiger partial charge < -0.3 is 24.5 Å². The van der Waals surface area contributed by atoms with Gasteiger partial charge in [-0.15, -0.1) is 4.72 Å². The molecule has 0 fully saturated rings. The minimum atomic E-state index is -1.34. The maximum atomic E-state index is 12.9. The monoisotopic (exact) mass is 543 g/mol. The van der Waals surface area contributed by atoms with Gasteiger partial charge in [0.05, 0.1) is 57.5 Å². The van der Waals surface area contributed by atoms with Gasteiger partial charge >= 0.3 is 0 Å². The van der Waals surface area contributed by atoms with E-state index in [9.17, 15) is 4.55 Å². The Bertz CT molecular complexity index is 924. The number of nitrogens with one attached hydrogen (secondary N) is 1. The van der Waals surface area contributed by atoms with Crippen LogP contribution in [0.25, 0.3) is 0 Å². The highest BCUT2D eigenvalue weighted by molar-refractivity contribution is 7.89. The summed E-state index contributed by atoms with van der Waals surface area (Å²) in [5.74, 6) is 0.107. The molecule has 0 amide bonds. The molecular formula is C25H35Cl2N3O4S. The quantitative estimate of drug-likeness (QED) is 0.262. The number of nitrogens with two attached hydrogens (primary N) is 1. The molecule has 10 heteroatoms. The van der Waals surface area contributed by atoms with Crippen LogP contribution in [0.5, 0.6) is 0 Å². The molecule has 1 heterocycles. The highest BCUT2D eigenvalue weighted by Gasteiger charge is 2.29. The van der Waals surface area contributed by atoms with E-state index in [0.717, 1.165) is 41.2 Å². The summed E-state index contributed by atoms with van der Waals surface area (Å²) < 4.78 is 32.1. The van der Waals surface area contributed by atoms with Crippen LogP contribution in [0.1, 0.15) is 29.5 Å². The number of likely N-dealkylation sites (N-methyl/N-ethyl adjacent to an activating group) is 1. The van der Waals surface area contributed by atoms with E-state index < -0.39 is 11.4 Å². The van der Waals surface area contributed by atoms with E-state index >= 15 is 0 Å². The van der Waals surface area contributed by atoms with Gasteiger partial charge in [0.25, 0.3) is 0 Å². The third-order valence-corrected chi connectivity index (χ3v) is 7.50. The van der Waals surface area contributed by atoms with Crippen LogP contribution >= 0.6 is 23.2 Å². The summed E-state index contributed by atoms with van der Waals surface area (Å²) in [5.41, 5.74) is 8.70. The zero-order chi connectivity index (χ0) is 25.0. The minimum absolute atomic E-state index is 0.107. The van der Waals surface area contributed by atoms with Crippen molar-refractivity contribution < 1.29 is 18.8 Å². The van der Waals surface area contributed by atoms with Gasteiger partial charge in [-0.1, -0.05) is 42.3 Å². The summed E-state index contributed by atoms with van der Waals surface area (Å²) in [7, 11) is 0. The molecule has 3 N–H and O–H groups in total. The van der Waals surface area contributed by atoms with Crippen LogP contribution in [-0.4, -0.2) is 75.3 Å². The predicted octanol–water partition coefficient (Wildman–Crippen LogP) is 3.58. The Morgan fingerprint density at radius 2 is 1.77 bits per heavy atom. The van der Waals surface area contributed by atoms with Gasteiger partial charge in [0.1, 0.15) is 0 Å². The smallest absolute Gasteiger partial charge is 0.174 e. The lowest BCUT2D eigenvalue weighted by molar-refractivity contribution is 0.0171. The molecule has 0 aliphatic carbocycles. The molecule has 0 saturated heterocycles. The average molecular weight is 545 g/mol. The normalized spacial score (nSPS) is 16.9. The van der Waals surface area contributed by atoms with Crippen LogP contribution in [0.15, 0.2) is 41.3 Å². The minimum Gasteiger partial charge on any atom is -0.593 e. The van der Waals surface area contributed by atoms with Crippen molar-refractivity contribution in [1.82, 2.24) is 9.62 Å². The first kappa shape index (κ1) is 28.7. The molecule has 0 radical (unpaired) electrons. The second-order valence-corrected chi connectivity index (χ2v) is 10.3. The van der Waals surface area contributed by atoms with Crippen LogP contribution in [-0.2, 0) is 32.1 Å². The van der Waals surface area contributed by atoms with Crippen LogP contribution in [0.2, 0.25) is 10.0 Å². The van der Waals surface area contributed by atoms with E-state index in [1.165, 1.54) is 0 Å². The zero-order valence-electron chi connectivity index (χ0n) is 20.1. The fourth-order valence-corrected chi connectivity index (χ4v) is 5.48. The topological polar surface area (TPSA) is 92.0 Å². The van der Waals surface area contributed by atoms with E-state index in [-0.39, 0.29) is 5.92 Å². The summed E-state index contributed by atoms with van der Waals surface area (Å²) >= 11 is 11.5. The number of hydrogen-bond acceptors (Lipinski definition) is 7. The van der Waals surface area contributed by atoms with Gasteiger partial charge in [0, 0.05) is 35.6 Å². The van der Waals surface area contributed by atoms with Crippen molar-refractivity contribution in [3.63, 3.8) is 0 Å². The van der Waals surface area contributed by atoms with Crippen LogP contribution in [0.4, 0.5) is 0 Å². The largest absolute Gasteiger partial charge is 0.593 e. The Morgan fingerprint density at radius 1 is 1.06 bits per heavy atom. The molecule has 35 heavy (non-hydrogen) atoms. The highest BCUT2D eigenvalue weighted by atomic mass is 35.5. The van der Waals surface area contributed by atoms with Gasteiger partial charge in [-0.2, -0.15) is 0 Å². The Labute approximate surface area is 221 Å². The highest BCUT2D eigenvalue weighted by Crippen LogP contribution is 2.39. The molecule has 194 valence electrons. The fraction of sp³-hybridized carbons (Fsp3) is 0.520. The molecule has 0 spiro atoms. The Morgan fingerprint density at radius 3 is 2.49 bits per heavy atom. The lowest BCUT2D eigenvalue weighted by Crippen LogP contribution is -2.34. The van der Waals surface area contributed by atoms with Crippen molar-refractivity contribution in [1.29, 1.82) is 0 Å². The molecule has 0 aromatic heterocycles. The second-order valence-electron chi connectivity index (χ2n) is 8.20. The first-order chi connectivity index (χ1) is 17.0. The molecule has 2 aromatic rings. The van der Waals surface area contributed by atoms with Gasteiger partial charge in [-0.3, -0.25) is 4.90 Å². The van der Waals surface area contributed by atoms with Gasteiger partial charge in [0.15, 0.2) is 4.90 Å². The van der Waals surface area contributed by atoms with E-state index in [1.807, 2.05) is 24.3 Å². The summed E-state index contributed by atoms with van der Waals surface area (Å²) in [4.78, 5) is 3.09. The third kappa shape index (κ3) is 8.86. The Kier molecular flexibility index (Phi) is 12.6. The molecular weight excluding hydrogens is 509 g/mol. The summed E-state index contributed by atoms with van der Waals surface area (Å²) in [5, 5.41) is 1.33. The van der Waals surface area contributed by atoms with Crippen LogP contribution in [0.3, 0.4) is 0 Å². The van der Waals surface area contributed by atoms with Crippen LogP contribution < -0.4 is 10.5 Å². The van der Waals surface area contributed by atoms with Gasteiger partial charge in [-0.25, -0.2) is 0 Å². The maximum absolute atomic E-state index is 12.9. The number of hydrogen-bond donors (Lipinski definition) is 2. The third-order valence-electron chi connectivity index (χ3n) is 5.80. The van der Waals surface area contributed by atoms with E-state index in [4.69, 9.17) is 43.1 Å². The number of halogens is 2. The van der Waals surface area contributed by atoms with Crippen molar-refractivity contribution in [3.05, 3.63) is 63.1 Å². The maximum Gasteiger partial charge on any atom is 0.174 e. The molecule has 0 bridgehead atoms. The fourth-order valence-electron chi connectivity index (χ4n) is 4.03. The molecule has 2 atom stereocenters. The number of benzene rings is 2. The predicted molar refractivity (Wildman–Crippen MR) is 142 cm³/mol. The van der Waals surface area contributed by atoms with E-state index in [1.54, 1.807) is 6.07 Å². The zero-order valence-corrected chi connectivity index (χ0v) is 22.5. The van der Waals surface area contributed by atoms with Crippen molar-refractivity contribution >= 4 is 34.6 Å². The van der Waals surface area contributed by atoms with Gasteiger partial charge in [-0.05, 0) is 47.5 Å². The first-order valence-electron chi connectivity index (χ1n) is 11.9. The van der Waals surface area contributed by atoms with E-state index in [2.05, 4.69) is 22.6 Å². The number of rotatable bonds is 15. The standard InChI is InChI=1S/C25H35Cl2N3O4S/c1-2-30-17-23(22-15-20(26)16-25(27)24(22)18-30)19-4-3-5-21(14-19)35(31)29-7-9-33-11-13-34-12-10-32-8-6-28/h3-5,14-16,23,29H,2,6-13,17-18,28H2,1H3. The van der Waals surface area contributed by atoms with Gasteiger partial charge in [0.2, 0.25) is 0 Å². The Hall–Kier alpha value is -0.910. The van der Waals surface area contributed by atoms with Crippen LogP contribution in [0, 0.1) is 0 Å². The molecule has 7 nitrogen and oxygen atoms in total. The average Bonchev–Trinajstić information content (AvgIpc) is 2.86. The molecule has 1 aliphatic heterocycles. The first-order valence-corrected chi connectivity index (χ1v) is 13.8. The van der Waals surface area contributed by atoms with E-state index in [0.29, 0.717) is 62.8 Å². The Balaban J connectivity index is 1.50. The van der Waals surface area contributed by atoms with Crippen molar-refractivity contribution in [2.24, 2.45) is 5.73 Å². The van der Waals surface area contributed by atoms with Crippen molar-refractivity contribution in [2.45, 2.75) is 24.3 Å².